The number of rotatable bonds is 5. The highest BCUT2D eigenvalue weighted by atomic mass is 32.1. The average molecular weight is 500 g/mol. The van der Waals surface area contributed by atoms with Gasteiger partial charge in [-0.25, -0.2) is 4.79 Å². The molecule has 4 rings (SSSR count). The van der Waals surface area contributed by atoms with E-state index in [2.05, 4.69) is 34.5 Å². The largest absolute Gasteiger partial charge is 0.466 e. The van der Waals surface area contributed by atoms with Gasteiger partial charge < -0.3 is 14.4 Å². The first kappa shape index (κ1) is 25.6. The van der Waals surface area contributed by atoms with Gasteiger partial charge in [0.25, 0.3) is 0 Å². The molecule has 1 amide bonds. The summed E-state index contributed by atoms with van der Waals surface area (Å²) < 4.78 is 10.7. The summed E-state index contributed by atoms with van der Waals surface area (Å²) in [7, 11) is 0. The van der Waals surface area contributed by atoms with E-state index >= 15 is 0 Å². The van der Waals surface area contributed by atoms with Crippen molar-refractivity contribution in [2.45, 2.75) is 83.7 Å². The lowest BCUT2D eigenvalue weighted by Crippen LogP contribution is -2.41. The minimum absolute atomic E-state index is 0.0298. The first-order chi connectivity index (χ1) is 16.7. The van der Waals surface area contributed by atoms with E-state index in [0.29, 0.717) is 18.4 Å². The Bertz CT molecular complexity index is 998. The SMILES string of the molecule is CCOC(=O)C1CCC(c2nnc(-c3ccc(C4CCN(C(=O)OC(C)(C)C)CC4)cc3)s2)CC1. The molecule has 0 unspecified atom stereocenters. The van der Waals surface area contributed by atoms with Crippen LogP contribution < -0.4 is 0 Å². The highest BCUT2D eigenvalue weighted by Crippen LogP contribution is 2.39. The third-order valence-electron chi connectivity index (χ3n) is 6.91. The predicted octanol–water partition coefficient (Wildman–Crippen LogP) is 6.16. The van der Waals surface area contributed by atoms with E-state index < -0.39 is 5.60 Å². The molecule has 2 aromatic rings. The van der Waals surface area contributed by atoms with Crippen LogP contribution in [0.2, 0.25) is 0 Å². The molecule has 2 fully saturated rings. The fraction of sp³-hybridized carbons (Fsp3) is 0.630. The van der Waals surface area contributed by atoms with E-state index in [1.807, 2.05) is 32.6 Å². The molecule has 8 heteroatoms. The van der Waals surface area contributed by atoms with Gasteiger partial charge in [-0.05, 0) is 77.7 Å². The number of nitrogens with zero attached hydrogens (tertiary/aromatic N) is 3. The maximum absolute atomic E-state index is 12.3. The van der Waals surface area contributed by atoms with Crippen molar-refractivity contribution in [2.24, 2.45) is 5.92 Å². The Labute approximate surface area is 212 Å². The van der Waals surface area contributed by atoms with Crippen molar-refractivity contribution < 1.29 is 19.1 Å². The molecule has 7 nitrogen and oxygen atoms in total. The number of esters is 1. The zero-order valence-corrected chi connectivity index (χ0v) is 22.1. The number of carbonyl (C=O) groups excluding carboxylic acids is 2. The fourth-order valence-corrected chi connectivity index (χ4v) is 5.99. The molecule has 35 heavy (non-hydrogen) atoms. The second-order valence-electron chi connectivity index (χ2n) is 10.6. The smallest absolute Gasteiger partial charge is 0.410 e. The molecule has 190 valence electrons. The van der Waals surface area contributed by atoms with Gasteiger partial charge in [0, 0.05) is 24.6 Å². The number of aromatic nitrogens is 2. The first-order valence-corrected chi connectivity index (χ1v) is 13.6. The monoisotopic (exact) mass is 499 g/mol. The van der Waals surface area contributed by atoms with E-state index in [1.165, 1.54) is 5.56 Å². The fourth-order valence-electron chi connectivity index (χ4n) is 4.97. The number of amides is 1. The molecule has 2 aliphatic rings. The molecule has 1 saturated carbocycles. The maximum atomic E-state index is 12.3. The summed E-state index contributed by atoms with van der Waals surface area (Å²) in [6.45, 7) is 9.44. The highest BCUT2D eigenvalue weighted by Gasteiger charge is 2.30. The standard InChI is InChI=1S/C27H37N3O4S/c1-5-33-25(31)22-12-10-21(11-13-22)24-29-28-23(35-24)20-8-6-18(7-9-20)19-14-16-30(17-15-19)26(32)34-27(2,3)4/h6-9,19,21-22H,5,10-17H2,1-4H3. The Balaban J connectivity index is 1.30. The van der Waals surface area contributed by atoms with Crippen LogP contribution in [-0.2, 0) is 14.3 Å². The Morgan fingerprint density at radius 2 is 1.63 bits per heavy atom. The number of hydrogen-bond donors (Lipinski definition) is 0. The van der Waals surface area contributed by atoms with Crippen molar-refractivity contribution >= 4 is 23.4 Å². The molecule has 0 spiro atoms. The lowest BCUT2D eigenvalue weighted by molar-refractivity contribution is -0.149. The highest BCUT2D eigenvalue weighted by molar-refractivity contribution is 7.14. The Kier molecular flexibility index (Phi) is 8.09. The van der Waals surface area contributed by atoms with Crippen LogP contribution in [0.5, 0.6) is 0 Å². The molecule has 2 heterocycles. The maximum Gasteiger partial charge on any atom is 0.410 e. The minimum Gasteiger partial charge on any atom is -0.466 e. The van der Waals surface area contributed by atoms with Gasteiger partial charge in [0.05, 0.1) is 12.5 Å². The van der Waals surface area contributed by atoms with Crippen molar-refractivity contribution in [3.8, 4) is 10.6 Å². The van der Waals surface area contributed by atoms with Gasteiger partial charge in [0.15, 0.2) is 0 Å². The normalized spacial score (nSPS) is 21.5. The van der Waals surface area contributed by atoms with Crippen LogP contribution in [-0.4, -0.2) is 52.5 Å². The minimum atomic E-state index is -0.462. The summed E-state index contributed by atoms with van der Waals surface area (Å²) in [5.41, 5.74) is 1.93. The molecule has 0 bridgehead atoms. The zero-order valence-electron chi connectivity index (χ0n) is 21.3. The van der Waals surface area contributed by atoms with Crippen LogP contribution in [0.25, 0.3) is 10.6 Å². The molecule has 0 N–H and O–H groups in total. The van der Waals surface area contributed by atoms with Crippen molar-refractivity contribution in [3.05, 3.63) is 34.8 Å². The lowest BCUT2D eigenvalue weighted by atomic mass is 9.82. The van der Waals surface area contributed by atoms with Gasteiger partial charge in [0.2, 0.25) is 0 Å². The number of hydrogen-bond acceptors (Lipinski definition) is 7. The van der Waals surface area contributed by atoms with Gasteiger partial charge in [-0.3, -0.25) is 4.79 Å². The number of carbonyl (C=O) groups is 2. The first-order valence-electron chi connectivity index (χ1n) is 12.8. The van der Waals surface area contributed by atoms with Crippen LogP contribution in [0.4, 0.5) is 4.79 Å². The molecule has 0 radical (unpaired) electrons. The van der Waals surface area contributed by atoms with E-state index in [0.717, 1.165) is 67.2 Å². The number of likely N-dealkylation sites (tertiary alicyclic amines) is 1. The molecular weight excluding hydrogens is 462 g/mol. The summed E-state index contributed by atoms with van der Waals surface area (Å²) in [4.78, 5) is 26.1. The zero-order chi connectivity index (χ0) is 25.0. The van der Waals surface area contributed by atoms with Crippen molar-refractivity contribution in [3.63, 3.8) is 0 Å². The molecule has 1 aliphatic carbocycles. The van der Waals surface area contributed by atoms with Crippen molar-refractivity contribution in [2.75, 3.05) is 19.7 Å². The summed E-state index contributed by atoms with van der Waals surface area (Å²) in [5.74, 6) is 0.797. The molecule has 0 atom stereocenters. The second kappa shape index (κ2) is 11.1. The Morgan fingerprint density at radius 3 is 2.23 bits per heavy atom. The van der Waals surface area contributed by atoms with Crippen LogP contribution >= 0.6 is 11.3 Å². The summed E-state index contributed by atoms with van der Waals surface area (Å²) in [6, 6.07) is 8.65. The van der Waals surface area contributed by atoms with E-state index in [1.54, 1.807) is 11.3 Å². The topological polar surface area (TPSA) is 81.6 Å². The number of piperidine rings is 1. The van der Waals surface area contributed by atoms with E-state index in [-0.39, 0.29) is 18.0 Å². The quantitative estimate of drug-likeness (QED) is 0.459. The third kappa shape index (κ3) is 6.60. The predicted molar refractivity (Wildman–Crippen MR) is 136 cm³/mol. The molecule has 1 aromatic carbocycles. The van der Waals surface area contributed by atoms with Gasteiger partial charge in [-0.15, -0.1) is 10.2 Å². The van der Waals surface area contributed by atoms with Crippen molar-refractivity contribution in [1.29, 1.82) is 0 Å². The van der Waals surface area contributed by atoms with Crippen LogP contribution in [0.15, 0.2) is 24.3 Å². The Hall–Kier alpha value is -2.48. The Morgan fingerprint density at radius 1 is 0.971 bits per heavy atom. The summed E-state index contributed by atoms with van der Waals surface area (Å²) in [6.07, 6.45) is 5.30. The van der Waals surface area contributed by atoms with Crippen LogP contribution in [0, 0.1) is 5.92 Å². The van der Waals surface area contributed by atoms with Crippen LogP contribution in [0.3, 0.4) is 0 Å². The van der Waals surface area contributed by atoms with Gasteiger partial charge in [0.1, 0.15) is 15.6 Å². The van der Waals surface area contributed by atoms with Crippen molar-refractivity contribution in [1.82, 2.24) is 15.1 Å². The van der Waals surface area contributed by atoms with Gasteiger partial charge >= 0.3 is 12.1 Å². The van der Waals surface area contributed by atoms with E-state index in [9.17, 15) is 9.59 Å². The van der Waals surface area contributed by atoms with Gasteiger partial charge in [-0.2, -0.15) is 0 Å². The second-order valence-corrected chi connectivity index (χ2v) is 11.6. The number of ether oxygens (including phenoxy) is 2. The van der Waals surface area contributed by atoms with E-state index in [4.69, 9.17) is 9.47 Å². The van der Waals surface area contributed by atoms with Crippen LogP contribution in [0.1, 0.15) is 88.6 Å². The molecule has 1 saturated heterocycles. The summed E-state index contributed by atoms with van der Waals surface area (Å²) in [5, 5.41) is 11.0. The average Bonchev–Trinajstić information content (AvgIpc) is 3.34. The third-order valence-corrected chi connectivity index (χ3v) is 8.05. The lowest BCUT2D eigenvalue weighted by Gasteiger charge is -2.33. The van der Waals surface area contributed by atoms with Gasteiger partial charge in [-0.1, -0.05) is 35.6 Å². The molecule has 1 aliphatic heterocycles. The molecular formula is C27H37N3O4S. The summed E-state index contributed by atoms with van der Waals surface area (Å²) >= 11 is 1.67. The molecule has 1 aromatic heterocycles. The number of benzene rings is 1.